The molecule has 140 valence electrons. The molecule has 1 fully saturated rings. The van der Waals surface area contributed by atoms with Gasteiger partial charge in [-0.3, -0.25) is 14.6 Å². The van der Waals surface area contributed by atoms with E-state index in [1.165, 1.54) is 0 Å². The summed E-state index contributed by atoms with van der Waals surface area (Å²) >= 11 is 0. The normalized spacial score (nSPS) is 17.7. The van der Waals surface area contributed by atoms with Gasteiger partial charge in [-0.25, -0.2) is 0 Å². The number of nitrogens with zero attached hydrogens (tertiary/aromatic N) is 2. The first kappa shape index (κ1) is 22.9. The lowest BCUT2D eigenvalue weighted by atomic mass is 9.98. The minimum atomic E-state index is -0.176. The van der Waals surface area contributed by atoms with Crippen LogP contribution in [0.4, 0.5) is 0 Å². The number of carbonyl (C=O) groups is 2. The molecule has 0 spiro atoms. The average Bonchev–Trinajstić information content (AvgIpc) is 2.55. The molecule has 0 aromatic carbocycles. The Kier molecular flexibility index (Phi) is 12.7. The molecule has 0 saturated carbocycles. The molecule has 1 unspecified atom stereocenters. The van der Waals surface area contributed by atoms with Crippen molar-refractivity contribution in [2.24, 2.45) is 10.9 Å². The van der Waals surface area contributed by atoms with Crippen LogP contribution >= 0.6 is 24.0 Å². The molecule has 7 nitrogen and oxygen atoms in total. The van der Waals surface area contributed by atoms with Crippen molar-refractivity contribution in [3.63, 3.8) is 0 Å². The van der Waals surface area contributed by atoms with Crippen LogP contribution in [0.5, 0.6) is 0 Å². The van der Waals surface area contributed by atoms with Gasteiger partial charge < -0.3 is 19.7 Å². The van der Waals surface area contributed by atoms with Crippen molar-refractivity contribution in [1.29, 1.82) is 0 Å². The lowest BCUT2D eigenvalue weighted by Gasteiger charge is -2.33. The van der Waals surface area contributed by atoms with Crippen LogP contribution in [0.15, 0.2) is 4.99 Å². The first-order valence-electron chi connectivity index (χ1n) is 8.40. The maximum atomic E-state index is 11.9. The number of ether oxygens (including phenoxy) is 2. The van der Waals surface area contributed by atoms with Crippen molar-refractivity contribution in [2.45, 2.75) is 39.5 Å². The van der Waals surface area contributed by atoms with E-state index < -0.39 is 0 Å². The van der Waals surface area contributed by atoms with Gasteiger partial charge in [0.15, 0.2) is 5.96 Å². The number of hydrogen-bond acceptors (Lipinski definition) is 5. The maximum absolute atomic E-state index is 11.9. The second kappa shape index (κ2) is 13.3. The van der Waals surface area contributed by atoms with E-state index in [1.807, 2.05) is 6.92 Å². The molecule has 1 N–H and O–H groups in total. The highest BCUT2D eigenvalue weighted by Crippen LogP contribution is 2.18. The summed E-state index contributed by atoms with van der Waals surface area (Å²) in [7, 11) is 1.72. The largest absolute Gasteiger partial charge is 0.466 e. The van der Waals surface area contributed by atoms with Crippen LogP contribution in [0.25, 0.3) is 0 Å². The maximum Gasteiger partial charge on any atom is 0.310 e. The Morgan fingerprint density at radius 1 is 1.25 bits per heavy atom. The van der Waals surface area contributed by atoms with E-state index >= 15 is 0 Å². The van der Waals surface area contributed by atoms with Crippen LogP contribution in [0.3, 0.4) is 0 Å². The van der Waals surface area contributed by atoms with Gasteiger partial charge >= 0.3 is 11.9 Å². The molecular formula is C16H30IN3O4. The van der Waals surface area contributed by atoms with Crippen LogP contribution in [0.2, 0.25) is 0 Å². The number of guanidine groups is 1. The van der Waals surface area contributed by atoms with Gasteiger partial charge in [-0.15, -0.1) is 24.0 Å². The van der Waals surface area contributed by atoms with Crippen LogP contribution < -0.4 is 5.32 Å². The first-order valence-corrected chi connectivity index (χ1v) is 8.40. The highest BCUT2D eigenvalue weighted by molar-refractivity contribution is 14.0. The lowest BCUT2D eigenvalue weighted by molar-refractivity contribution is -0.149. The summed E-state index contributed by atoms with van der Waals surface area (Å²) in [5.74, 6) is 0.365. The third kappa shape index (κ3) is 8.16. The van der Waals surface area contributed by atoms with E-state index in [1.54, 1.807) is 14.0 Å². The molecule has 1 rings (SSSR count). The first-order chi connectivity index (χ1) is 11.1. The Morgan fingerprint density at radius 2 is 1.96 bits per heavy atom. The fourth-order valence-electron chi connectivity index (χ4n) is 2.62. The van der Waals surface area contributed by atoms with Crippen molar-refractivity contribution in [3.8, 4) is 0 Å². The lowest BCUT2D eigenvalue weighted by Crippen LogP contribution is -2.48. The molecule has 0 aromatic heterocycles. The van der Waals surface area contributed by atoms with Crippen LogP contribution in [0, 0.1) is 5.92 Å². The van der Waals surface area contributed by atoms with Crippen molar-refractivity contribution >= 4 is 41.9 Å². The van der Waals surface area contributed by atoms with Crippen molar-refractivity contribution in [2.75, 3.05) is 39.9 Å². The fraction of sp³-hybridized carbons (Fsp3) is 0.812. The molecule has 24 heavy (non-hydrogen) atoms. The average molecular weight is 455 g/mol. The second-order valence-electron chi connectivity index (χ2n) is 5.42. The number of hydrogen-bond donors (Lipinski definition) is 1. The molecule has 0 aromatic rings. The van der Waals surface area contributed by atoms with Crippen LogP contribution in [0.1, 0.15) is 39.5 Å². The number of likely N-dealkylation sites (tertiary alicyclic amines) is 1. The van der Waals surface area contributed by atoms with Crippen molar-refractivity contribution in [1.82, 2.24) is 10.2 Å². The third-order valence-electron chi connectivity index (χ3n) is 3.70. The monoisotopic (exact) mass is 455 g/mol. The molecule has 0 bridgehead atoms. The zero-order valence-corrected chi connectivity index (χ0v) is 17.2. The number of halogens is 1. The summed E-state index contributed by atoms with van der Waals surface area (Å²) in [6, 6.07) is 0. The van der Waals surface area contributed by atoms with E-state index in [4.69, 9.17) is 9.47 Å². The summed E-state index contributed by atoms with van der Waals surface area (Å²) in [5, 5.41) is 3.24. The number of aliphatic imine (C=N–C) groups is 1. The second-order valence-corrected chi connectivity index (χ2v) is 5.42. The Bertz CT molecular complexity index is 418. The third-order valence-corrected chi connectivity index (χ3v) is 3.70. The zero-order chi connectivity index (χ0) is 17.1. The molecule has 1 aliphatic rings. The number of carbonyl (C=O) groups excluding carboxylic acids is 2. The highest BCUT2D eigenvalue weighted by Gasteiger charge is 2.28. The minimum Gasteiger partial charge on any atom is -0.466 e. The molecule has 1 saturated heterocycles. The molecule has 1 heterocycles. The van der Waals surface area contributed by atoms with E-state index in [0.29, 0.717) is 39.1 Å². The van der Waals surface area contributed by atoms with Crippen molar-refractivity contribution < 1.29 is 19.1 Å². The van der Waals surface area contributed by atoms with E-state index in [9.17, 15) is 9.59 Å². The zero-order valence-electron chi connectivity index (χ0n) is 14.9. The number of esters is 2. The van der Waals surface area contributed by atoms with Crippen molar-refractivity contribution in [3.05, 3.63) is 0 Å². The Labute approximate surface area is 161 Å². The van der Waals surface area contributed by atoms with Gasteiger partial charge in [-0.05, 0) is 33.1 Å². The number of nitrogens with one attached hydrogen (secondary N) is 1. The predicted octanol–water partition coefficient (Wildman–Crippen LogP) is 1.80. The van der Waals surface area contributed by atoms with Gasteiger partial charge in [0.1, 0.15) is 0 Å². The summed E-state index contributed by atoms with van der Waals surface area (Å²) in [6.45, 7) is 6.58. The molecule has 1 aliphatic heterocycles. The Hall–Kier alpha value is -1.06. The summed E-state index contributed by atoms with van der Waals surface area (Å²) in [5.41, 5.74) is 0. The van der Waals surface area contributed by atoms with Crippen LogP contribution in [-0.2, 0) is 19.1 Å². The van der Waals surface area contributed by atoms with E-state index in [2.05, 4.69) is 15.2 Å². The summed E-state index contributed by atoms with van der Waals surface area (Å²) < 4.78 is 10.0. The SMILES string of the molecule is CCOC(=O)CCCNC(=NC)N1CCCC(C(=O)OCC)C1.I. The van der Waals surface area contributed by atoms with Gasteiger partial charge in [-0.2, -0.15) is 0 Å². The quantitative estimate of drug-likeness (QED) is 0.207. The van der Waals surface area contributed by atoms with Gasteiger partial charge in [0.05, 0.1) is 19.1 Å². The van der Waals surface area contributed by atoms with E-state index in [-0.39, 0.29) is 41.8 Å². The standard InChI is InChI=1S/C16H29N3O4.HI/c1-4-22-14(20)9-6-10-18-16(17-3)19-11-7-8-13(12-19)15(21)23-5-2;/h13H,4-12H2,1-3H3,(H,17,18);1H. The highest BCUT2D eigenvalue weighted by atomic mass is 127. The summed E-state index contributed by atoms with van der Waals surface area (Å²) in [4.78, 5) is 29.5. The molecule has 8 heteroatoms. The number of piperidine rings is 1. The smallest absolute Gasteiger partial charge is 0.310 e. The number of rotatable bonds is 7. The molecule has 0 aliphatic carbocycles. The van der Waals surface area contributed by atoms with Gasteiger partial charge in [-0.1, -0.05) is 0 Å². The Balaban J connectivity index is 0.00000529. The van der Waals surface area contributed by atoms with Gasteiger partial charge in [0.25, 0.3) is 0 Å². The van der Waals surface area contributed by atoms with Gasteiger partial charge in [0.2, 0.25) is 0 Å². The van der Waals surface area contributed by atoms with E-state index in [0.717, 1.165) is 25.3 Å². The molecule has 0 amide bonds. The fourth-order valence-corrected chi connectivity index (χ4v) is 2.62. The minimum absolute atomic E-state index is 0. The Morgan fingerprint density at radius 3 is 2.58 bits per heavy atom. The molecule has 0 radical (unpaired) electrons. The molecular weight excluding hydrogens is 425 g/mol. The summed E-state index contributed by atoms with van der Waals surface area (Å²) in [6.07, 6.45) is 2.87. The predicted molar refractivity (Wildman–Crippen MR) is 104 cm³/mol. The van der Waals surface area contributed by atoms with Gasteiger partial charge in [0, 0.05) is 33.1 Å². The van der Waals surface area contributed by atoms with Crippen LogP contribution in [-0.4, -0.2) is 62.7 Å². The topological polar surface area (TPSA) is 80.2 Å². The molecule has 1 atom stereocenters.